The van der Waals surface area contributed by atoms with Crippen LogP contribution in [0.3, 0.4) is 0 Å². The zero-order valence-electron chi connectivity index (χ0n) is 20.2. The molecule has 0 bridgehead atoms. The van der Waals surface area contributed by atoms with Gasteiger partial charge in [0.25, 0.3) is 0 Å². The van der Waals surface area contributed by atoms with E-state index in [9.17, 15) is 18.2 Å². The van der Waals surface area contributed by atoms with E-state index < -0.39 is 45.3 Å². The van der Waals surface area contributed by atoms with Gasteiger partial charge in [-0.2, -0.15) is 0 Å². The minimum absolute atomic E-state index is 0.175. The number of benzene rings is 1. The van der Waals surface area contributed by atoms with Crippen LogP contribution in [0.4, 0.5) is 4.39 Å². The van der Waals surface area contributed by atoms with Crippen molar-refractivity contribution in [1.82, 2.24) is 9.71 Å². The Morgan fingerprint density at radius 1 is 1.17 bits per heavy atom. The first-order valence-corrected chi connectivity index (χ1v) is 13.3. The Hall–Kier alpha value is -2.66. The Balaban J connectivity index is 2.14. The second kappa shape index (κ2) is 11.6. The summed E-state index contributed by atoms with van der Waals surface area (Å²) in [6, 6.07) is 12.1. The van der Waals surface area contributed by atoms with Crippen molar-refractivity contribution in [2.45, 2.75) is 43.9 Å². The Kier molecular flexibility index (Phi) is 8.99. The third-order valence-electron chi connectivity index (χ3n) is 5.11. The van der Waals surface area contributed by atoms with E-state index in [1.54, 1.807) is 50.4 Å². The summed E-state index contributed by atoms with van der Waals surface area (Å²) in [5.41, 5.74) is -0.526. The van der Waals surface area contributed by atoms with Crippen molar-refractivity contribution < 1.29 is 27.7 Å². The van der Waals surface area contributed by atoms with Gasteiger partial charge in [0, 0.05) is 12.5 Å². The Morgan fingerprint density at radius 2 is 1.86 bits per heavy atom. The Labute approximate surface area is 220 Å². The molecule has 7 nitrogen and oxygen atoms in total. The number of pyridine rings is 1. The molecule has 0 amide bonds. The SMILES string of the molecule is COC(=O)CC(=O)CC(NS(=O)C(C)(C)C)(c1csc(Cl)c1)c1cccc(Oc2ccc(F)cc2)n1. The predicted molar refractivity (Wildman–Crippen MR) is 138 cm³/mol. The Morgan fingerprint density at radius 3 is 2.44 bits per heavy atom. The maximum absolute atomic E-state index is 13.4. The molecule has 2 heterocycles. The number of hydrogen-bond donors (Lipinski definition) is 1. The average Bonchev–Trinajstić information content (AvgIpc) is 3.26. The fourth-order valence-electron chi connectivity index (χ4n) is 3.26. The number of carbonyl (C=O) groups is 2. The van der Waals surface area contributed by atoms with E-state index in [0.29, 0.717) is 21.3 Å². The molecule has 2 aromatic heterocycles. The Bertz CT molecular complexity index is 1260. The number of ketones is 1. The molecule has 1 N–H and O–H groups in total. The first-order valence-electron chi connectivity index (χ1n) is 10.9. The molecule has 36 heavy (non-hydrogen) atoms. The number of hydrogen-bond acceptors (Lipinski definition) is 7. The maximum atomic E-state index is 13.4. The number of ether oxygens (including phenoxy) is 2. The lowest BCUT2D eigenvalue weighted by Crippen LogP contribution is -2.50. The number of thiophene rings is 1. The van der Waals surface area contributed by atoms with E-state index >= 15 is 0 Å². The van der Waals surface area contributed by atoms with Crippen LogP contribution in [0, 0.1) is 5.82 Å². The molecule has 0 spiro atoms. The van der Waals surface area contributed by atoms with Gasteiger partial charge in [0.2, 0.25) is 5.88 Å². The number of aromatic nitrogens is 1. The molecule has 3 aromatic rings. The second-order valence-corrected chi connectivity index (χ2v) is 12.4. The lowest BCUT2D eigenvalue weighted by Gasteiger charge is -2.35. The van der Waals surface area contributed by atoms with Crippen LogP contribution in [0.1, 0.15) is 44.9 Å². The topological polar surface area (TPSA) is 94.6 Å². The molecule has 0 aliphatic rings. The first kappa shape index (κ1) is 27.9. The van der Waals surface area contributed by atoms with Crippen LogP contribution < -0.4 is 9.46 Å². The van der Waals surface area contributed by atoms with Crippen LogP contribution in [0.25, 0.3) is 0 Å². The third-order valence-corrected chi connectivity index (χ3v) is 7.85. The maximum Gasteiger partial charge on any atom is 0.313 e. The van der Waals surface area contributed by atoms with E-state index in [0.717, 1.165) is 0 Å². The molecule has 11 heteroatoms. The van der Waals surface area contributed by atoms with E-state index in [2.05, 4.69) is 14.4 Å². The van der Waals surface area contributed by atoms with Crippen LogP contribution in [0.2, 0.25) is 4.34 Å². The number of nitrogens with one attached hydrogen (secondary N) is 1. The van der Waals surface area contributed by atoms with Gasteiger partial charge in [-0.1, -0.05) is 17.7 Å². The lowest BCUT2D eigenvalue weighted by atomic mass is 9.83. The van der Waals surface area contributed by atoms with E-state index in [1.165, 1.54) is 42.7 Å². The number of carbonyl (C=O) groups excluding carboxylic acids is 2. The summed E-state index contributed by atoms with van der Waals surface area (Å²) in [4.78, 5) is 29.5. The number of esters is 1. The summed E-state index contributed by atoms with van der Waals surface area (Å²) in [7, 11) is -0.455. The predicted octanol–water partition coefficient (Wildman–Crippen LogP) is 5.55. The van der Waals surface area contributed by atoms with Crippen LogP contribution >= 0.6 is 22.9 Å². The summed E-state index contributed by atoms with van der Waals surface area (Å²) in [6.45, 7) is 5.37. The van der Waals surface area contributed by atoms with Crippen molar-refractivity contribution in [2.75, 3.05) is 7.11 Å². The van der Waals surface area contributed by atoms with Crippen LogP contribution in [0.15, 0.2) is 53.9 Å². The summed E-state index contributed by atoms with van der Waals surface area (Å²) in [6.07, 6.45) is -0.726. The molecular weight excluding hydrogens is 527 g/mol. The zero-order valence-corrected chi connectivity index (χ0v) is 22.6. The fraction of sp³-hybridized carbons (Fsp3) is 0.320. The molecule has 0 saturated carbocycles. The standard InChI is InChI=1S/C25H26ClFN2O5S2/c1-24(2,3)36(32)29-25(16-12-21(26)35-15-16,14-18(30)13-23(31)33-4)20-6-5-7-22(28-20)34-19-10-8-17(27)9-11-19/h5-12,15,29H,13-14H2,1-4H3. The van der Waals surface area contributed by atoms with Gasteiger partial charge < -0.3 is 9.47 Å². The third kappa shape index (κ3) is 6.97. The number of halogens is 2. The molecule has 0 aliphatic heterocycles. The number of Topliss-reactive ketones (excluding diaryl/α,β-unsaturated/α-hetero) is 1. The number of rotatable bonds is 10. The van der Waals surface area contributed by atoms with E-state index in [4.69, 9.17) is 16.3 Å². The van der Waals surface area contributed by atoms with Crippen molar-refractivity contribution in [3.8, 4) is 11.6 Å². The highest BCUT2D eigenvalue weighted by atomic mass is 35.5. The lowest BCUT2D eigenvalue weighted by molar-refractivity contribution is -0.143. The van der Waals surface area contributed by atoms with Gasteiger partial charge in [0.15, 0.2) is 0 Å². The highest BCUT2D eigenvalue weighted by molar-refractivity contribution is 7.84. The first-order chi connectivity index (χ1) is 16.9. The van der Waals surface area contributed by atoms with Gasteiger partial charge in [-0.3, -0.25) is 9.59 Å². The van der Waals surface area contributed by atoms with Gasteiger partial charge in [-0.05, 0) is 68.1 Å². The number of methoxy groups -OCH3 is 1. The molecule has 3 rings (SSSR count). The molecule has 0 aliphatic carbocycles. The highest BCUT2D eigenvalue weighted by Gasteiger charge is 2.42. The van der Waals surface area contributed by atoms with Gasteiger partial charge in [-0.15, -0.1) is 11.3 Å². The average molecular weight is 553 g/mol. The molecule has 2 atom stereocenters. The van der Waals surface area contributed by atoms with Gasteiger partial charge in [0.05, 0.1) is 32.9 Å². The molecule has 0 saturated heterocycles. The van der Waals surface area contributed by atoms with Crippen LogP contribution in [-0.2, 0) is 30.9 Å². The second-order valence-electron chi connectivity index (χ2n) is 8.91. The van der Waals surface area contributed by atoms with E-state index in [-0.39, 0.29) is 12.3 Å². The molecule has 1 aromatic carbocycles. The summed E-state index contributed by atoms with van der Waals surface area (Å²) in [5.74, 6) is -1.01. The minimum Gasteiger partial charge on any atom is -0.469 e. The monoisotopic (exact) mass is 552 g/mol. The largest absolute Gasteiger partial charge is 0.469 e. The fourth-order valence-corrected chi connectivity index (χ4v) is 5.13. The molecular formula is C25H26ClFN2O5S2. The van der Waals surface area contributed by atoms with Gasteiger partial charge in [0.1, 0.15) is 29.3 Å². The van der Waals surface area contributed by atoms with Crippen molar-refractivity contribution in [1.29, 1.82) is 0 Å². The van der Waals surface area contributed by atoms with Gasteiger partial charge >= 0.3 is 5.97 Å². The summed E-state index contributed by atoms with van der Waals surface area (Å²) >= 11 is 7.50. The molecule has 0 radical (unpaired) electrons. The molecule has 192 valence electrons. The van der Waals surface area contributed by atoms with Crippen molar-refractivity contribution in [3.63, 3.8) is 0 Å². The smallest absolute Gasteiger partial charge is 0.313 e. The van der Waals surface area contributed by atoms with Gasteiger partial charge in [-0.25, -0.2) is 18.3 Å². The summed E-state index contributed by atoms with van der Waals surface area (Å²) in [5, 5.41) is 1.75. The van der Waals surface area contributed by atoms with E-state index in [1.807, 2.05) is 0 Å². The van der Waals surface area contributed by atoms with Crippen molar-refractivity contribution >= 4 is 45.7 Å². The van der Waals surface area contributed by atoms with Crippen LogP contribution in [-0.4, -0.2) is 32.8 Å². The minimum atomic E-state index is -1.66. The van der Waals surface area contributed by atoms with Crippen LogP contribution in [0.5, 0.6) is 11.6 Å². The van der Waals surface area contributed by atoms with Crippen molar-refractivity contribution in [3.05, 3.63) is 75.3 Å². The number of nitrogens with zero attached hydrogens (tertiary/aromatic N) is 1. The van der Waals surface area contributed by atoms with Crippen molar-refractivity contribution in [2.24, 2.45) is 0 Å². The normalized spacial score (nSPS) is 14.1. The summed E-state index contributed by atoms with van der Waals surface area (Å²) < 4.78 is 40.0. The zero-order chi connectivity index (χ0) is 26.5. The highest BCUT2D eigenvalue weighted by Crippen LogP contribution is 2.39. The molecule has 2 unspecified atom stereocenters. The molecule has 0 fully saturated rings. The quantitative estimate of drug-likeness (QED) is 0.262.